The lowest BCUT2D eigenvalue weighted by molar-refractivity contribution is -0.156. The van der Waals surface area contributed by atoms with Gasteiger partial charge in [-0.2, -0.15) is 19.0 Å². The van der Waals surface area contributed by atoms with Gasteiger partial charge in [-0.1, -0.05) is 27.5 Å². The van der Waals surface area contributed by atoms with Crippen molar-refractivity contribution in [2.45, 2.75) is 80.0 Å². The first-order chi connectivity index (χ1) is 29.5. The average Bonchev–Trinajstić information content (AvgIpc) is 4.04. The topological polar surface area (TPSA) is 186 Å². The number of carbonyl (C=O) groups excluding carboxylic acids is 1. The molecule has 3 aromatic carbocycles. The molecule has 6 aromatic rings. The summed E-state index contributed by atoms with van der Waals surface area (Å²) in [5.41, 5.74) is -11.5. The van der Waals surface area contributed by atoms with E-state index in [1.165, 1.54) is 30.3 Å². The maximum Gasteiger partial charge on any atom is 0.321 e. The summed E-state index contributed by atoms with van der Waals surface area (Å²) in [4.78, 5) is 33.5. The maximum atomic E-state index is 15.7. The third-order valence-electron chi connectivity index (χ3n) is 11.2. The van der Waals surface area contributed by atoms with Gasteiger partial charge in [-0.25, -0.2) is 39.7 Å². The van der Waals surface area contributed by atoms with Crippen LogP contribution in [0.3, 0.4) is 0 Å². The van der Waals surface area contributed by atoms with Gasteiger partial charge in [0.15, 0.2) is 11.4 Å². The van der Waals surface area contributed by atoms with Gasteiger partial charge in [0, 0.05) is 28.9 Å². The van der Waals surface area contributed by atoms with E-state index in [4.69, 9.17) is 11.6 Å². The molecule has 0 unspecified atom stereocenters. The summed E-state index contributed by atoms with van der Waals surface area (Å²) in [5, 5.41) is 30.1. The summed E-state index contributed by atoms with van der Waals surface area (Å²) < 4.78 is 148. The number of halogens is 10. The molecule has 25 heteroatoms. The van der Waals surface area contributed by atoms with E-state index in [0.717, 1.165) is 16.7 Å². The molecule has 0 spiro atoms. The standard InChI is InChI=1S/C38H28BrClF8N8O6S/c39-16-1-4-20-22(10-16)50-34(56(35(20)58)24-6-5-21(40)27-30(24)54(12-25(43)44)52-33(27)53-63(61,62)19-2-3-19)23(9-15-7-17(41)11-18(42)8-15)49-26(57)13-55-31-28(29(51-55)32(45)46)36(59)14-37(36,60)38(31,47)48/h1,4-8,10-11,19,23,25,32,59-60H,2-3,9,12-14H2,(H,49,57)(H,52,53)/t23-,36+,37+/m0/s1. The Labute approximate surface area is 361 Å². The van der Waals surface area contributed by atoms with E-state index in [-0.39, 0.29) is 42.8 Å². The lowest BCUT2D eigenvalue weighted by Crippen LogP contribution is -2.39. The molecule has 1 amide bonds. The van der Waals surface area contributed by atoms with Crippen LogP contribution in [0.1, 0.15) is 60.1 Å². The molecule has 0 aliphatic heterocycles. The smallest absolute Gasteiger partial charge is 0.321 e. The molecule has 3 atom stereocenters. The van der Waals surface area contributed by atoms with Crippen LogP contribution in [0.4, 0.5) is 40.9 Å². The number of fused-ring (bicyclic) bond motifs is 5. The normalized spacial score (nSPS) is 20.7. The molecule has 14 nitrogen and oxygen atoms in total. The van der Waals surface area contributed by atoms with Gasteiger partial charge < -0.3 is 15.5 Å². The highest BCUT2D eigenvalue weighted by molar-refractivity contribution is 9.10. The van der Waals surface area contributed by atoms with Gasteiger partial charge >= 0.3 is 5.92 Å². The van der Waals surface area contributed by atoms with Crippen molar-refractivity contribution in [2.24, 2.45) is 0 Å². The van der Waals surface area contributed by atoms with Crippen molar-refractivity contribution in [1.29, 1.82) is 0 Å². The number of alkyl halides is 6. The van der Waals surface area contributed by atoms with E-state index >= 15 is 8.78 Å². The predicted molar refractivity (Wildman–Crippen MR) is 210 cm³/mol. The second-order valence-corrected chi connectivity index (χ2v) is 18.8. The van der Waals surface area contributed by atoms with E-state index in [2.05, 4.69) is 41.2 Å². The Hall–Kier alpha value is -5.17. The lowest BCUT2D eigenvalue weighted by Gasteiger charge is -2.24. The molecule has 3 aliphatic carbocycles. The number of nitrogens with one attached hydrogen (secondary N) is 2. The molecule has 332 valence electrons. The quantitative estimate of drug-likeness (QED) is 0.0970. The SMILES string of the molecule is O=C(Cn1nc(C(F)F)c2c1C(F)(F)[C@@]1(O)C[C@@]21O)N[C@@H](Cc1cc(F)cc(F)c1)c1nc2cc(Br)ccc2c(=O)n1-c1ccc(Cl)c2c(NS(=O)(=O)C3CC3)nn(CC(F)F)c12. The van der Waals surface area contributed by atoms with Crippen molar-refractivity contribution in [2.75, 3.05) is 4.72 Å². The van der Waals surface area contributed by atoms with Gasteiger partial charge in [-0.3, -0.25) is 28.2 Å². The molecular formula is C38H28BrClF8N8O6S. The average molecular weight is 992 g/mol. The molecular weight excluding hydrogens is 964 g/mol. The van der Waals surface area contributed by atoms with Crippen LogP contribution in [0.5, 0.6) is 0 Å². The first kappa shape index (κ1) is 43.1. The molecule has 3 heterocycles. The van der Waals surface area contributed by atoms with E-state index in [0.29, 0.717) is 28.1 Å². The highest BCUT2D eigenvalue weighted by Crippen LogP contribution is 2.73. The molecule has 2 saturated carbocycles. The Bertz CT molecular complexity index is 3090. The van der Waals surface area contributed by atoms with Crippen LogP contribution in [-0.4, -0.2) is 70.9 Å². The monoisotopic (exact) mass is 990 g/mol. The Kier molecular flexibility index (Phi) is 10.0. The Morgan fingerprint density at radius 2 is 1.70 bits per heavy atom. The van der Waals surface area contributed by atoms with Crippen LogP contribution >= 0.6 is 27.5 Å². The van der Waals surface area contributed by atoms with E-state index in [1.807, 2.05) is 0 Å². The minimum atomic E-state index is -4.38. The number of benzene rings is 3. The molecule has 0 radical (unpaired) electrons. The predicted octanol–water partition coefficient (Wildman–Crippen LogP) is 6.26. The number of nitrogens with zero attached hydrogens (tertiary/aromatic N) is 6. The van der Waals surface area contributed by atoms with Crippen molar-refractivity contribution in [3.63, 3.8) is 0 Å². The first-order valence-electron chi connectivity index (χ1n) is 18.7. The van der Waals surface area contributed by atoms with Gasteiger partial charge in [-0.05, 0) is 60.9 Å². The Morgan fingerprint density at radius 3 is 2.35 bits per heavy atom. The van der Waals surface area contributed by atoms with Crippen molar-refractivity contribution in [1.82, 2.24) is 34.4 Å². The second kappa shape index (κ2) is 14.7. The number of sulfonamides is 1. The lowest BCUT2D eigenvalue weighted by atomic mass is 10.0. The molecule has 0 bridgehead atoms. The number of aromatic nitrogens is 6. The number of aliphatic hydroxyl groups is 2. The number of carbonyl (C=O) groups is 1. The number of anilines is 1. The summed E-state index contributed by atoms with van der Waals surface area (Å²) >= 11 is 9.88. The van der Waals surface area contributed by atoms with Crippen LogP contribution in [0, 0.1) is 11.6 Å². The molecule has 2 fully saturated rings. The zero-order valence-electron chi connectivity index (χ0n) is 31.6. The third-order valence-corrected chi connectivity index (χ3v) is 13.9. The van der Waals surface area contributed by atoms with Crippen molar-refractivity contribution in [3.8, 4) is 5.69 Å². The van der Waals surface area contributed by atoms with Gasteiger partial charge in [-0.15, -0.1) is 0 Å². The first-order valence-corrected chi connectivity index (χ1v) is 21.4. The third kappa shape index (κ3) is 6.95. The van der Waals surface area contributed by atoms with Crippen molar-refractivity contribution < 1.29 is 58.5 Å². The second-order valence-electron chi connectivity index (χ2n) is 15.5. The number of rotatable bonds is 13. The fraction of sp³-hybridized carbons (Fsp3) is 0.342. The molecule has 4 N–H and O–H groups in total. The number of hydrogen-bond donors (Lipinski definition) is 4. The molecule has 3 aliphatic rings. The number of amides is 1. The van der Waals surface area contributed by atoms with Gasteiger partial charge in [0.05, 0.1) is 43.8 Å². The zero-order chi connectivity index (χ0) is 45.3. The van der Waals surface area contributed by atoms with Crippen LogP contribution in [0.2, 0.25) is 5.02 Å². The Morgan fingerprint density at radius 1 is 1.00 bits per heavy atom. The molecule has 3 aromatic heterocycles. The van der Waals surface area contributed by atoms with E-state index < -0.39 is 129 Å². The summed E-state index contributed by atoms with van der Waals surface area (Å²) in [7, 11) is -4.10. The Balaban J connectivity index is 1.24. The van der Waals surface area contributed by atoms with Crippen molar-refractivity contribution >= 4 is 71.1 Å². The van der Waals surface area contributed by atoms with Gasteiger partial charge in [0.25, 0.3) is 18.4 Å². The minimum absolute atomic E-state index is 0.0544. The summed E-state index contributed by atoms with van der Waals surface area (Å²) in [6.45, 7) is -2.45. The van der Waals surface area contributed by atoms with E-state index in [1.54, 1.807) is 0 Å². The van der Waals surface area contributed by atoms with Crippen LogP contribution in [-0.2, 0) is 45.9 Å². The fourth-order valence-corrected chi connectivity index (χ4v) is 10.2. The van der Waals surface area contributed by atoms with Crippen LogP contribution in [0.15, 0.2) is 57.8 Å². The van der Waals surface area contributed by atoms with Gasteiger partial charge in [0.1, 0.15) is 47.5 Å². The highest BCUT2D eigenvalue weighted by atomic mass is 79.9. The van der Waals surface area contributed by atoms with E-state index in [9.17, 15) is 54.6 Å². The number of hydrogen-bond acceptors (Lipinski definition) is 9. The van der Waals surface area contributed by atoms with Gasteiger partial charge in [0.2, 0.25) is 15.9 Å². The minimum Gasteiger partial charge on any atom is -0.382 e. The van der Waals surface area contributed by atoms with Crippen LogP contribution < -0.4 is 15.6 Å². The molecule has 9 rings (SSSR count). The largest absolute Gasteiger partial charge is 0.382 e. The summed E-state index contributed by atoms with van der Waals surface area (Å²) in [6.07, 6.45) is -7.66. The highest BCUT2D eigenvalue weighted by Gasteiger charge is 2.87. The maximum absolute atomic E-state index is 15.7. The summed E-state index contributed by atoms with van der Waals surface area (Å²) in [6, 6.07) is 7.11. The fourth-order valence-electron chi connectivity index (χ4n) is 8.23. The molecule has 0 saturated heterocycles. The van der Waals surface area contributed by atoms with Crippen molar-refractivity contribution in [3.05, 3.63) is 108 Å². The zero-order valence-corrected chi connectivity index (χ0v) is 34.7. The molecule has 63 heavy (non-hydrogen) atoms. The van der Waals surface area contributed by atoms with Crippen LogP contribution in [0.25, 0.3) is 27.5 Å². The summed E-state index contributed by atoms with van der Waals surface area (Å²) in [5.74, 6) is -8.78.